The number of anilines is 1. The van der Waals surface area contributed by atoms with E-state index in [1.54, 1.807) is 4.90 Å². The summed E-state index contributed by atoms with van der Waals surface area (Å²) in [5, 5.41) is 2.93. The Balaban J connectivity index is 1.81. The maximum atomic E-state index is 12.7. The molecule has 5 nitrogen and oxygen atoms in total. The highest BCUT2D eigenvalue weighted by molar-refractivity contribution is 5.98. The molecule has 1 aliphatic heterocycles. The molecule has 2 aromatic rings. The van der Waals surface area contributed by atoms with Crippen LogP contribution in [0.15, 0.2) is 42.5 Å². The first kappa shape index (κ1) is 21.9. The third kappa shape index (κ3) is 4.84. The average Bonchev–Trinajstić information content (AvgIpc) is 2.74. The number of nitrogens with one attached hydrogen (secondary N) is 1. The number of hydrogen-bond acceptors (Lipinski definition) is 3. The van der Waals surface area contributed by atoms with Gasteiger partial charge in [0, 0.05) is 12.1 Å². The van der Waals surface area contributed by atoms with Crippen molar-refractivity contribution in [3.05, 3.63) is 59.2 Å². The molecule has 0 bridgehead atoms. The van der Waals surface area contributed by atoms with Crippen LogP contribution in [0.2, 0.25) is 0 Å². The number of nitrogens with zero attached hydrogens (tertiary/aromatic N) is 1. The van der Waals surface area contributed by atoms with Crippen molar-refractivity contribution in [3.8, 4) is 5.75 Å². The molecule has 0 atom stereocenters. The molecule has 0 unspecified atom stereocenters. The van der Waals surface area contributed by atoms with Gasteiger partial charge in [0.2, 0.25) is 0 Å². The van der Waals surface area contributed by atoms with E-state index in [2.05, 4.69) is 52.1 Å². The lowest BCUT2D eigenvalue weighted by molar-refractivity contribution is -0.121. The van der Waals surface area contributed by atoms with E-state index in [1.807, 2.05) is 30.3 Å². The molecule has 3 rings (SSSR count). The Hall–Kier alpha value is -2.82. The first-order chi connectivity index (χ1) is 14.2. The second-order valence-electron chi connectivity index (χ2n) is 8.99. The van der Waals surface area contributed by atoms with Crippen LogP contribution >= 0.6 is 0 Å². The summed E-state index contributed by atoms with van der Waals surface area (Å²) in [6.45, 7) is 11.8. The molecule has 0 aliphatic carbocycles. The molecule has 2 amide bonds. The van der Waals surface area contributed by atoms with Crippen LogP contribution in [0.5, 0.6) is 5.75 Å². The zero-order valence-corrected chi connectivity index (χ0v) is 18.6. The normalized spacial score (nSPS) is 13.8. The number of benzene rings is 2. The predicted molar refractivity (Wildman–Crippen MR) is 120 cm³/mol. The van der Waals surface area contributed by atoms with E-state index in [9.17, 15) is 9.59 Å². The van der Waals surface area contributed by atoms with Gasteiger partial charge in [0.15, 0.2) is 6.61 Å². The highest BCUT2D eigenvalue weighted by Crippen LogP contribution is 2.38. The maximum absolute atomic E-state index is 12.7. The van der Waals surface area contributed by atoms with Gasteiger partial charge in [0.05, 0.1) is 12.2 Å². The van der Waals surface area contributed by atoms with Crippen molar-refractivity contribution in [1.29, 1.82) is 0 Å². The first-order valence-electron chi connectivity index (χ1n) is 10.7. The van der Waals surface area contributed by atoms with Crippen LogP contribution in [-0.4, -0.2) is 25.0 Å². The predicted octanol–water partition coefficient (Wildman–Crippen LogP) is 4.69. The number of amides is 2. The van der Waals surface area contributed by atoms with E-state index in [1.165, 1.54) is 5.56 Å². The third-order valence-electron chi connectivity index (χ3n) is 5.79. The molecule has 0 saturated carbocycles. The molecule has 2 aromatic carbocycles. The van der Waals surface area contributed by atoms with Crippen molar-refractivity contribution in [2.75, 3.05) is 18.1 Å². The molecule has 1 N–H and O–H groups in total. The summed E-state index contributed by atoms with van der Waals surface area (Å²) in [5.41, 5.74) is 3.61. The monoisotopic (exact) mass is 408 g/mol. The zero-order chi connectivity index (χ0) is 21.9. The van der Waals surface area contributed by atoms with Crippen LogP contribution in [-0.2, 0) is 16.8 Å². The van der Waals surface area contributed by atoms with Gasteiger partial charge in [-0.2, -0.15) is 0 Å². The maximum Gasteiger partial charge on any atom is 0.265 e. The number of hydrogen-bond donors (Lipinski definition) is 1. The van der Waals surface area contributed by atoms with E-state index in [-0.39, 0.29) is 23.8 Å². The molecule has 160 valence electrons. The fourth-order valence-electron chi connectivity index (χ4n) is 3.34. The third-order valence-corrected chi connectivity index (χ3v) is 5.79. The number of rotatable bonds is 7. The van der Waals surface area contributed by atoms with Gasteiger partial charge in [-0.3, -0.25) is 9.59 Å². The van der Waals surface area contributed by atoms with Crippen LogP contribution in [0.3, 0.4) is 0 Å². The first-order valence-corrected chi connectivity index (χ1v) is 10.7. The average molecular weight is 409 g/mol. The molecule has 30 heavy (non-hydrogen) atoms. The summed E-state index contributed by atoms with van der Waals surface area (Å²) in [6, 6.07) is 13.6. The SMILES string of the molecule is CCC(C)(C)c1ccc2c(c1)N(Cc1ccc(C(=O)NCC(C)C)cc1)C(=O)CO2. The summed E-state index contributed by atoms with van der Waals surface area (Å²) >= 11 is 0. The smallest absolute Gasteiger partial charge is 0.265 e. The van der Waals surface area contributed by atoms with E-state index >= 15 is 0 Å². The lowest BCUT2D eigenvalue weighted by Gasteiger charge is -2.32. The Morgan fingerprint density at radius 3 is 2.50 bits per heavy atom. The van der Waals surface area contributed by atoms with Crippen molar-refractivity contribution in [3.63, 3.8) is 0 Å². The van der Waals surface area contributed by atoms with Gasteiger partial charge in [0.25, 0.3) is 11.8 Å². The van der Waals surface area contributed by atoms with Crippen LogP contribution < -0.4 is 15.0 Å². The number of carbonyl (C=O) groups excluding carboxylic acids is 2. The van der Waals surface area contributed by atoms with E-state index < -0.39 is 0 Å². The molecule has 1 heterocycles. The second-order valence-corrected chi connectivity index (χ2v) is 8.99. The van der Waals surface area contributed by atoms with Crippen molar-refractivity contribution < 1.29 is 14.3 Å². The second kappa shape index (κ2) is 8.90. The minimum atomic E-state index is -0.0746. The fraction of sp³-hybridized carbons (Fsp3) is 0.440. The van der Waals surface area contributed by atoms with Crippen molar-refractivity contribution in [2.45, 2.75) is 53.0 Å². The zero-order valence-electron chi connectivity index (χ0n) is 18.6. The van der Waals surface area contributed by atoms with Gasteiger partial charge in [-0.1, -0.05) is 52.8 Å². The number of fused-ring (bicyclic) bond motifs is 1. The highest BCUT2D eigenvalue weighted by atomic mass is 16.5. The lowest BCUT2D eigenvalue weighted by atomic mass is 9.82. The quantitative estimate of drug-likeness (QED) is 0.723. The molecule has 0 saturated heterocycles. The van der Waals surface area contributed by atoms with Crippen LogP contribution in [0.4, 0.5) is 5.69 Å². The Kier molecular flexibility index (Phi) is 6.49. The molecule has 0 fully saturated rings. The summed E-state index contributed by atoms with van der Waals surface area (Å²) in [6.07, 6.45) is 1.00. The number of carbonyl (C=O) groups is 2. The molecule has 0 radical (unpaired) electrons. The molecular weight excluding hydrogens is 376 g/mol. The Morgan fingerprint density at radius 1 is 1.17 bits per heavy atom. The Labute approximate surface area is 179 Å². The molecule has 0 spiro atoms. The standard InChI is InChI=1S/C25H32N2O3/c1-6-25(4,5)20-11-12-22-21(13-20)27(23(28)16-30-22)15-18-7-9-19(10-8-18)24(29)26-14-17(2)3/h7-13,17H,6,14-16H2,1-5H3,(H,26,29). The van der Waals surface area contributed by atoms with E-state index in [0.717, 1.165) is 23.4 Å². The summed E-state index contributed by atoms with van der Waals surface area (Å²) in [7, 11) is 0. The summed E-state index contributed by atoms with van der Waals surface area (Å²) < 4.78 is 5.66. The molecule has 1 aliphatic rings. The topological polar surface area (TPSA) is 58.6 Å². The van der Waals surface area contributed by atoms with Gasteiger partial charge in [0.1, 0.15) is 5.75 Å². The van der Waals surface area contributed by atoms with Crippen LogP contribution in [0, 0.1) is 5.92 Å². The lowest BCUT2D eigenvalue weighted by Crippen LogP contribution is -2.38. The van der Waals surface area contributed by atoms with Gasteiger partial charge < -0.3 is 15.0 Å². The minimum Gasteiger partial charge on any atom is -0.482 e. The molecule has 0 aromatic heterocycles. The summed E-state index contributed by atoms with van der Waals surface area (Å²) in [5.74, 6) is 1.00. The molecular formula is C25H32N2O3. The van der Waals surface area contributed by atoms with E-state index in [0.29, 0.717) is 24.6 Å². The Morgan fingerprint density at radius 2 is 1.87 bits per heavy atom. The summed E-state index contributed by atoms with van der Waals surface area (Å²) in [4.78, 5) is 26.7. The Bertz CT molecular complexity index is 916. The van der Waals surface area contributed by atoms with E-state index in [4.69, 9.17) is 4.74 Å². The van der Waals surface area contributed by atoms with Crippen molar-refractivity contribution >= 4 is 17.5 Å². The van der Waals surface area contributed by atoms with Gasteiger partial charge in [-0.05, 0) is 53.1 Å². The van der Waals surface area contributed by atoms with Gasteiger partial charge >= 0.3 is 0 Å². The van der Waals surface area contributed by atoms with Crippen molar-refractivity contribution in [1.82, 2.24) is 5.32 Å². The van der Waals surface area contributed by atoms with Crippen molar-refractivity contribution in [2.24, 2.45) is 5.92 Å². The fourth-order valence-corrected chi connectivity index (χ4v) is 3.34. The van der Waals surface area contributed by atoms with Crippen LogP contribution in [0.1, 0.15) is 62.5 Å². The molecule has 5 heteroatoms. The largest absolute Gasteiger partial charge is 0.482 e. The highest BCUT2D eigenvalue weighted by Gasteiger charge is 2.28. The minimum absolute atomic E-state index is 0.0200. The van der Waals surface area contributed by atoms with Gasteiger partial charge in [-0.25, -0.2) is 0 Å². The van der Waals surface area contributed by atoms with Gasteiger partial charge in [-0.15, -0.1) is 0 Å². The number of ether oxygens (including phenoxy) is 1. The van der Waals surface area contributed by atoms with Crippen LogP contribution in [0.25, 0.3) is 0 Å².